The largest absolute Gasteiger partial charge is 0.507 e. The summed E-state index contributed by atoms with van der Waals surface area (Å²) in [5.41, 5.74) is 1.03. The highest BCUT2D eigenvalue weighted by atomic mass is 35.5. The molecule has 1 aromatic heterocycles. The third-order valence-corrected chi connectivity index (χ3v) is 5.83. The van der Waals surface area contributed by atoms with E-state index in [0.29, 0.717) is 35.0 Å². The average molecular weight is 444 g/mol. The lowest BCUT2D eigenvalue weighted by molar-refractivity contribution is -0.140. The van der Waals surface area contributed by atoms with Gasteiger partial charge in [-0.1, -0.05) is 31.5 Å². The van der Waals surface area contributed by atoms with Crippen LogP contribution in [0.15, 0.2) is 48.3 Å². The summed E-state index contributed by atoms with van der Waals surface area (Å²) in [4.78, 5) is 33.8. The van der Waals surface area contributed by atoms with E-state index in [4.69, 9.17) is 16.3 Å². The number of methoxy groups -OCH3 is 1. The van der Waals surface area contributed by atoms with Crippen molar-refractivity contribution in [1.82, 2.24) is 14.8 Å². The van der Waals surface area contributed by atoms with Crippen molar-refractivity contribution < 1.29 is 19.4 Å². The first kappa shape index (κ1) is 22.8. The SMILES string of the molecule is CCN(CC)CCN1C(=O)C(=O)/C(=C(\O)c2ccc(Cl)c(OC)c2)C1c1cccnc1. The highest BCUT2D eigenvalue weighted by Gasteiger charge is 2.46. The van der Waals surface area contributed by atoms with Crippen LogP contribution >= 0.6 is 11.6 Å². The molecule has 1 fully saturated rings. The van der Waals surface area contributed by atoms with E-state index < -0.39 is 17.7 Å². The van der Waals surface area contributed by atoms with Gasteiger partial charge in [0.05, 0.1) is 23.7 Å². The third kappa shape index (κ3) is 4.57. The lowest BCUT2D eigenvalue weighted by Gasteiger charge is -2.28. The van der Waals surface area contributed by atoms with Gasteiger partial charge < -0.3 is 19.6 Å². The Morgan fingerprint density at radius 3 is 2.61 bits per heavy atom. The lowest BCUT2D eigenvalue weighted by atomic mass is 9.96. The number of carbonyl (C=O) groups is 2. The normalized spacial score (nSPS) is 18.1. The first-order chi connectivity index (χ1) is 14.9. The summed E-state index contributed by atoms with van der Waals surface area (Å²) < 4.78 is 5.23. The van der Waals surface area contributed by atoms with E-state index >= 15 is 0 Å². The molecule has 164 valence electrons. The molecule has 0 saturated carbocycles. The number of ether oxygens (including phenoxy) is 1. The minimum atomic E-state index is -0.731. The number of likely N-dealkylation sites (N-methyl/N-ethyl adjacent to an activating group) is 1. The Morgan fingerprint density at radius 2 is 2.00 bits per heavy atom. The van der Waals surface area contributed by atoms with Crippen molar-refractivity contribution in [1.29, 1.82) is 0 Å². The molecule has 0 bridgehead atoms. The smallest absolute Gasteiger partial charge is 0.295 e. The quantitative estimate of drug-likeness (QED) is 0.382. The van der Waals surface area contributed by atoms with E-state index in [1.54, 1.807) is 42.7 Å². The Bertz CT molecular complexity index is 990. The molecule has 2 heterocycles. The van der Waals surface area contributed by atoms with Gasteiger partial charge in [-0.3, -0.25) is 14.6 Å². The summed E-state index contributed by atoms with van der Waals surface area (Å²) in [7, 11) is 1.47. The van der Waals surface area contributed by atoms with Crippen LogP contribution in [0.3, 0.4) is 0 Å². The van der Waals surface area contributed by atoms with Gasteiger partial charge in [0.15, 0.2) is 0 Å². The number of Topliss-reactive ketones (excluding diaryl/α,β-unsaturated/α-hetero) is 1. The van der Waals surface area contributed by atoms with Gasteiger partial charge in [0.25, 0.3) is 11.7 Å². The summed E-state index contributed by atoms with van der Waals surface area (Å²) in [6, 6.07) is 7.51. The van der Waals surface area contributed by atoms with E-state index in [9.17, 15) is 14.7 Å². The van der Waals surface area contributed by atoms with Crippen molar-refractivity contribution in [2.45, 2.75) is 19.9 Å². The van der Waals surface area contributed by atoms with Gasteiger partial charge in [-0.05, 0) is 42.9 Å². The number of nitrogens with zero attached hydrogens (tertiary/aromatic N) is 3. The van der Waals surface area contributed by atoms with Gasteiger partial charge in [0, 0.05) is 31.0 Å². The second kappa shape index (κ2) is 9.94. The summed E-state index contributed by atoms with van der Waals surface area (Å²) in [5.74, 6) is -1.27. The van der Waals surface area contributed by atoms with Gasteiger partial charge in [0.2, 0.25) is 0 Å². The van der Waals surface area contributed by atoms with E-state index in [1.807, 2.05) is 13.8 Å². The predicted octanol–water partition coefficient (Wildman–Crippen LogP) is 3.51. The third-order valence-electron chi connectivity index (χ3n) is 5.52. The molecule has 1 aliphatic rings. The predicted molar refractivity (Wildman–Crippen MR) is 119 cm³/mol. The number of hydrogen-bond acceptors (Lipinski definition) is 6. The highest BCUT2D eigenvalue weighted by molar-refractivity contribution is 6.46. The monoisotopic (exact) mass is 443 g/mol. The van der Waals surface area contributed by atoms with Crippen LogP contribution in [0.5, 0.6) is 5.75 Å². The summed E-state index contributed by atoms with van der Waals surface area (Å²) >= 11 is 6.09. The zero-order valence-corrected chi connectivity index (χ0v) is 18.6. The maximum Gasteiger partial charge on any atom is 0.295 e. The number of amides is 1. The number of ketones is 1. The molecule has 1 unspecified atom stereocenters. The molecule has 0 radical (unpaired) electrons. The standard InChI is InChI=1S/C23H26ClN3O4/c1-4-26(5-2)11-12-27-20(16-7-6-10-25-14-16)19(22(29)23(27)30)21(28)15-8-9-17(24)18(13-15)31-3/h6-10,13-14,20,28H,4-5,11-12H2,1-3H3/b21-19-. The van der Waals surface area contributed by atoms with Crippen molar-refractivity contribution in [3.05, 3.63) is 64.4 Å². The second-order valence-electron chi connectivity index (χ2n) is 7.16. The Hall–Kier alpha value is -2.90. The number of halogens is 1. The molecular formula is C23H26ClN3O4. The van der Waals surface area contributed by atoms with Crippen molar-refractivity contribution in [3.8, 4) is 5.75 Å². The topological polar surface area (TPSA) is 83.0 Å². The maximum absolute atomic E-state index is 13.0. The van der Waals surface area contributed by atoms with E-state index in [0.717, 1.165) is 13.1 Å². The summed E-state index contributed by atoms with van der Waals surface area (Å²) in [6.45, 7) is 6.73. The molecule has 7 nitrogen and oxygen atoms in total. The van der Waals surface area contributed by atoms with Crippen LogP contribution in [0.1, 0.15) is 31.0 Å². The van der Waals surface area contributed by atoms with Crippen molar-refractivity contribution in [3.63, 3.8) is 0 Å². The van der Waals surface area contributed by atoms with Crippen molar-refractivity contribution in [2.24, 2.45) is 0 Å². The van der Waals surface area contributed by atoms with Crippen LogP contribution in [0, 0.1) is 0 Å². The molecule has 1 aliphatic heterocycles. The first-order valence-corrected chi connectivity index (χ1v) is 10.5. The summed E-state index contributed by atoms with van der Waals surface area (Å²) in [6.07, 6.45) is 3.23. The van der Waals surface area contributed by atoms with Gasteiger partial charge >= 0.3 is 0 Å². The molecular weight excluding hydrogens is 418 g/mol. The fourth-order valence-electron chi connectivity index (χ4n) is 3.75. The fourth-order valence-corrected chi connectivity index (χ4v) is 3.94. The van der Waals surface area contributed by atoms with Gasteiger partial charge in [-0.25, -0.2) is 0 Å². The first-order valence-electron chi connectivity index (χ1n) is 10.2. The molecule has 31 heavy (non-hydrogen) atoms. The molecule has 1 aromatic carbocycles. The zero-order chi connectivity index (χ0) is 22.5. The number of benzene rings is 1. The molecule has 3 rings (SSSR count). The average Bonchev–Trinajstić information content (AvgIpc) is 3.05. The van der Waals surface area contributed by atoms with Gasteiger partial charge in [0.1, 0.15) is 11.5 Å². The van der Waals surface area contributed by atoms with Crippen LogP contribution in [0.25, 0.3) is 5.76 Å². The number of aliphatic hydroxyl groups excluding tert-OH is 1. The van der Waals surface area contributed by atoms with E-state index in [2.05, 4.69) is 9.88 Å². The van der Waals surface area contributed by atoms with Crippen LogP contribution in [-0.4, -0.2) is 64.9 Å². The van der Waals surface area contributed by atoms with Crippen LogP contribution in [0.4, 0.5) is 0 Å². The number of carbonyl (C=O) groups excluding carboxylic acids is 2. The Morgan fingerprint density at radius 1 is 1.26 bits per heavy atom. The van der Waals surface area contributed by atoms with Crippen molar-refractivity contribution in [2.75, 3.05) is 33.3 Å². The molecule has 0 aliphatic carbocycles. The molecule has 0 spiro atoms. The Kier molecular flexibility index (Phi) is 7.30. The minimum absolute atomic E-state index is 0.0296. The maximum atomic E-state index is 13.0. The fraction of sp³-hybridized carbons (Fsp3) is 0.348. The number of rotatable bonds is 8. The van der Waals surface area contributed by atoms with E-state index in [-0.39, 0.29) is 11.3 Å². The Labute approximate surface area is 186 Å². The van der Waals surface area contributed by atoms with Gasteiger partial charge in [-0.2, -0.15) is 0 Å². The zero-order valence-electron chi connectivity index (χ0n) is 17.8. The number of likely N-dealkylation sites (tertiary alicyclic amines) is 1. The minimum Gasteiger partial charge on any atom is -0.507 e. The lowest BCUT2D eigenvalue weighted by Crippen LogP contribution is -2.38. The van der Waals surface area contributed by atoms with Gasteiger partial charge in [-0.15, -0.1) is 0 Å². The highest BCUT2D eigenvalue weighted by Crippen LogP contribution is 2.40. The van der Waals surface area contributed by atoms with E-state index in [1.165, 1.54) is 12.0 Å². The number of aliphatic hydroxyl groups is 1. The molecule has 1 amide bonds. The summed E-state index contributed by atoms with van der Waals surface area (Å²) in [5, 5.41) is 11.5. The molecule has 1 saturated heterocycles. The van der Waals surface area contributed by atoms with Crippen LogP contribution in [-0.2, 0) is 9.59 Å². The number of aromatic nitrogens is 1. The Balaban J connectivity index is 2.10. The second-order valence-corrected chi connectivity index (χ2v) is 7.56. The molecule has 8 heteroatoms. The molecule has 1 atom stereocenters. The molecule has 1 N–H and O–H groups in total. The number of hydrogen-bond donors (Lipinski definition) is 1. The number of pyridine rings is 1. The van der Waals surface area contributed by atoms with Crippen molar-refractivity contribution >= 4 is 29.1 Å². The van der Waals surface area contributed by atoms with Crippen LogP contribution < -0.4 is 4.74 Å². The van der Waals surface area contributed by atoms with Crippen LogP contribution in [0.2, 0.25) is 5.02 Å². The molecule has 2 aromatic rings.